The molecule has 0 fully saturated rings. The lowest BCUT2D eigenvalue weighted by Gasteiger charge is -1.95. The number of H-pyrrole nitrogens is 1. The number of aromatic nitrogens is 3. The Labute approximate surface area is 96.9 Å². The molecule has 0 aliphatic heterocycles. The predicted molar refractivity (Wildman–Crippen MR) is 64.9 cm³/mol. The Kier molecular flexibility index (Phi) is 1.95. The molecule has 2 heterocycles. The molecular weight excluding hydrogens is 219 g/mol. The van der Waals surface area contributed by atoms with Crippen LogP contribution in [0.3, 0.4) is 0 Å². The van der Waals surface area contributed by atoms with Crippen molar-refractivity contribution in [3.63, 3.8) is 0 Å². The van der Waals surface area contributed by atoms with Crippen molar-refractivity contribution in [2.24, 2.45) is 7.05 Å². The first-order valence-corrected chi connectivity index (χ1v) is 5.22. The van der Waals surface area contributed by atoms with Gasteiger partial charge < -0.3 is 10.7 Å². The Bertz CT molecular complexity index is 676. The fourth-order valence-electron chi connectivity index (χ4n) is 1.96. The quantitative estimate of drug-likeness (QED) is 0.673. The van der Waals surface area contributed by atoms with Crippen LogP contribution in [0.1, 0.15) is 0 Å². The van der Waals surface area contributed by atoms with Gasteiger partial charge in [0.25, 0.3) is 0 Å². The van der Waals surface area contributed by atoms with Crippen molar-refractivity contribution in [2.75, 3.05) is 5.73 Å². The van der Waals surface area contributed by atoms with Gasteiger partial charge in [-0.15, -0.1) is 0 Å². The number of nitrogens with two attached hydrogens (primary N) is 1. The molecule has 4 nitrogen and oxygen atoms in total. The predicted octanol–water partition coefficient (Wildman–Crippen LogP) is 2.29. The van der Waals surface area contributed by atoms with Crippen LogP contribution in [-0.2, 0) is 7.05 Å². The maximum absolute atomic E-state index is 13.8. The van der Waals surface area contributed by atoms with Crippen molar-refractivity contribution < 1.29 is 4.39 Å². The van der Waals surface area contributed by atoms with E-state index in [1.807, 2.05) is 6.07 Å². The van der Waals surface area contributed by atoms with Crippen molar-refractivity contribution in [2.45, 2.75) is 0 Å². The molecule has 1 aromatic carbocycles. The summed E-state index contributed by atoms with van der Waals surface area (Å²) >= 11 is 0. The molecule has 0 saturated heterocycles. The molecular formula is C12H11FN4. The van der Waals surface area contributed by atoms with Crippen LogP contribution >= 0.6 is 0 Å². The summed E-state index contributed by atoms with van der Waals surface area (Å²) in [6.07, 6.45) is 1.75. The molecule has 0 unspecified atom stereocenters. The SMILES string of the molecule is Cn1nc(-c2c[nH]c3cccc(F)c23)cc1N. The highest BCUT2D eigenvalue weighted by molar-refractivity contribution is 5.95. The lowest BCUT2D eigenvalue weighted by atomic mass is 10.1. The van der Waals surface area contributed by atoms with E-state index < -0.39 is 0 Å². The van der Waals surface area contributed by atoms with Gasteiger partial charge in [0.1, 0.15) is 11.6 Å². The van der Waals surface area contributed by atoms with Crippen molar-refractivity contribution in [1.29, 1.82) is 0 Å². The molecule has 3 N–H and O–H groups in total. The summed E-state index contributed by atoms with van der Waals surface area (Å²) in [5.74, 6) is 0.286. The smallest absolute Gasteiger partial charge is 0.133 e. The molecule has 2 aromatic heterocycles. The minimum atomic E-state index is -0.261. The fraction of sp³-hybridized carbons (Fsp3) is 0.0833. The second-order valence-corrected chi connectivity index (χ2v) is 3.94. The summed E-state index contributed by atoms with van der Waals surface area (Å²) in [5, 5.41) is 4.80. The fourth-order valence-corrected chi connectivity index (χ4v) is 1.96. The first-order chi connectivity index (χ1) is 8.16. The van der Waals surface area contributed by atoms with E-state index in [-0.39, 0.29) is 5.82 Å². The Hall–Kier alpha value is -2.30. The standard InChI is InChI=1S/C12H11FN4/c1-17-11(14)5-10(16-17)7-6-15-9-4-2-3-8(13)12(7)9/h2-6,15H,14H2,1H3. The monoisotopic (exact) mass is 230 g/mol. The van der Waals surface area contributed by atoms with Crippen LogP contribution in [0.15, 0.2) is 30.5 Å². The van der Waals surface area contributed by atoms with E-state index in [2.05, 4.69) is 10.1 Å². The highest BCUT2D eigenvalue weighted by Crippen LogP contribution is 2.30. The average molecular weight is 230 g/mol. The molecule has 0 spiro atoms. The van der Waals surface area contributed by atoms with Crippen LogP contribution in [0.2, 0.25) is 0 Å². The number of nitrogens with zero attached hydrogens (tertiary/aromatic N) is 2. The van der Waals surface area contributed by atoms with Gasteiger partial charge in [0.15, 0.2) is 0 Å². The van der Waals surface area contributed by atoms with Gasteiger partial charge in [-0.3, -0.25) is 4.68 Å². The van der Waals surface area contributed by atoms with Gasteiger partial charge >= 0.3 is 0 Å². The Morgan fingerprint density at radius 3 is 2.94 bits per heavy atom. The molecule has 0 aliphatic rings. The van der Waals surface area contributed by atoms with Crippen LogP contribution < -0.4 is 5.73 Å². The summed E-state index contributed by atoms with van der Waals surface area (Å²) in [4.78, 5) is 3.03. The summed E-state index contributed by atoms with van der Waals surface area (Å²) in [6, 6.07) is 6.67. The molecule has 0 radical (unpaired) electrons. The second kappa shape index (κ2) is 3.35. The molecule has 0 amide bonds. The number of nitrogen functional groups attached to an aromatic ring is 1. The second-order valence-electron chi connectivity index (χ2n) is 3.94. The maximum Gasteiger partial charge on any atom is 0.133 e. The molecule has 3 aromatic rings. The first-order valence-electron chi connectivity index (χ1n) is 5.22. The van der Waals surface area contributed by atoms with Gasteiger partial charge in [-0.1, -0.05) is 6.07 Å². The van der Waals surface area contributed by atoms with Crippen molar-refractivity contribution in [3.05, 3.63) is 36.3 Å². The van der Waals surface area contributed by atoms with Crippen molar-refractivity contribution >= 4 is 16.7 Å². The number of halogens is 1. The van der Waals surface area contributed by atoms with Crippen LogP contribution in [0.5, 0.6) is 0 Å². The number of hydrogen-bond donors (Lipinski definition) is 2. The van der Waals surface area contributed by atoms with Crippen molar-refractivity contribution in [1.82, 2.24) is 14.8 Å². The van der Waals surface area contributed by atoms with Gasteiger partial charge in [-0.2, -0.15) is 5.10 Å². The third-order valence-electron chi connectivity index (χ3n) is 2.85. The third-order valence-corrected chi connectivity index (χ3v) is 2.85. The zero-order valence-electron chi connectivity index (χ0n) is 9.24. The lowest BCUT2D eigenvalue weighted by molar-refractivity contribution is 0.640. The first kappa shape index (κ1) is 9.89. The molecule has 17 heavy (non-hydrogen) atoms. The Morgan fingerprint density at radius 2 is 2.24 bits per heavy atom. The largest absolute Gasteiger partial charge is 0.384 e. The zero-order chi connectivity index (χ0) is 12.0. The molecule has 0 aliphatic carbocycles. The lowest BCUT2D eigenvalue weighted by Crippen LogP contribution is -1.96. The van der Waals surface area contributed by atoms with Crippen LogP contribution in [0, 0.1) is 5.82 Å². The van der Waals surface area contributed by atoms with Gasteiger partial charge in [0.05, 0.1) is 5.69 Å². The summed E-state index contributed by atoms with van der Waals surface area (Å²) < 4.78 is 15.4. The van der Waals surface area contributed by atoms with E-state index in [1.54, 1.807) is 30.1 Å². The minimum absolute atomic E-state index is 0.261. The van der Waals surface area contributed by atoms with Gasteiger partial charge in [-0.05, 0) is 12.1 Å². The maximum atomic E-state index is 13.8. The van der Waals surface area contributed by atoms with E-state index in [4.69, 9.17) is 5.73 Å². The molecule has 0 atom stereocenters. The third kappa shape index (κ3) is 1.39. The molecule has 0 saturated carbocycles. The highest BCUT2D eigenvalue weighted by atomic mass is 19.1. The van der Waals surface area contributed by atoms with Gasteiger partial charge in [0, 0.05) is 35.8 Å². The van der Waals surface area contributed by atoms with E-state index in [0.717, 1.165) is 11.1 Å². The summed E-state index contributed by atoms with van der Waals surface area (Å²) in [5.41, 5.74) is 7.87. The minimum Gasteiger partial charge on any atom is -0.384 e. The van der Waals surface area contributed by atoms with Crippen LogP contribution in [0.25, 0.3) is 22.2 Å². The van der Waals surface area contributed by atoms with E-state index >= 15 is 0 Å². The Balaban J connectivity index is 2.31. The topological polar surface area (TPSA) is 59.6 Å². The number of benzene rings is 1. The molecule has 0 bridgehead atoms. The molecule has 86 valence electrons. The van der Waals surface area contributed by atoms with Crippen molar-refractivity contribution in [3.8, 4) is 11.3 Å². The number of aryl methyl sites for hydroxylation is 1. The summed E-state index contributed by atoms with van der Waals surface area (Å²) in [6.45, 7) is 0. The zero-order valence-corrected chi connectivity index (χ0v) is 9.24. The number of rotatable bonds is 1. The van der Waals surface area contributed by atoms with Crippen LogP contribution in [0.4, 0.5) is 10.2 Å². The summed E-state index contributed by atoms with van der Waals surface area (Å²) in [7, 11) is 1.75. The number of fused-ring (bicyclic) bond motifs is 1. The van der Waals surface area contributed by atoms with E-state index in [0.29, 0.717) is 16.9 Å². The molecule has 5 heteroatoms. The van der Waals surface area contributed by atoms with E-state index in [1.165, 1.54) is 6.07 Å². The van der Waals surface area contributed by atoms with E-state index in [9.17, 15) is 4.39 Å². The highest BCUT2D eigenvalue weighted by Gasteiger charge is 2.13. The Morgan fingerprint density at radius 1 is 1.41 bits per heavy atom. The number of aromatic amines is 1. The number of nitrogens with one attached hydrogen (secondary N) is 1. The average Bonchev–Trinajstić information content (AvgIpc) is 2.85. The van der Waals surface area contributed by atoms with Gasteiger partial charge in [-0.25, -0.2) is 4.39 Å². The normalized spacial score (nSPS) is 11.2. The number of hydrogen-bond acceptors (Lipinski definition) is 2. The van der Waals surface area contributed by atoms with Gasteiger partial charge in [0.2, 0.25) is 0 Å². The number of anilines is 1. The molecule has 3 rings (SSSR count). The van der Waals surface area contributed by atoms with Crippen LogP contribution in [-0.4, -0.2) is 14.8 Å².